The Morgan fingerprint density at radius 2 is 1.72 bits per heavy atom. The molecule has 1 heterocycles. The molecule has 1 aliphatic heterocycles. The number of anilines is 1. The van der Waals surface area contributed by atoms with E-state index in [1.807, 2.05) is 62.5 Å². The van der Waals surface area contributed by atoms with Gasteiger partial charge in [-0.05, 0) is 24.6 Å². The lowest BCUT2D eigenvalue weighted by molar-refractivity contribution is -0.130. The number of phenols is 1. The number of halogens is 1. The summed E-state index contributed by atoms with van der Waals surface area (Å²) in [6, 6.07) is 17.5. The van der Waals surface area contributed by atoms with Crippen LogP contribution in [0.3, 0.4) is 0 Å². The van der Waals surface area contributed by atoms with Crippen LogP contribution in [-0.4, -0.2) is 73.1 Å². The number of phenolic OH excluding ortho intramolecular Hbond substituents is 1. The highest BCUT2D eigenvalue weighted by Crippen LogP contribution is 2.27. The van der Waals surface area contributed by atoms with Gasteiger partial charge in [-0.3, -0.25) is 9.79 Å². The normalized spacial score (nSPS) is 14.0. The Morgan fingerprint density at radius 1 is 1.06 bits per heavy atom. The van der Waals surface area contributed by atoms with E-state index in [4.69, 9.17) is 4.99 Å². The van der Waals surface area contributed by atoms with E-state index in [1.54, 1.807) is 11.0 Å². The first kappa shape index (κ1) is 25.8. The number of aliphatic imine (C=N–C) groups is 1. The number of aromatic hydroxyl groups is 1. The number of piperazine rings is 1. The highest BCUT2D eigenvalue weighted by atomic mass is 127. The fourth-order valence-corrected chi connectivity index (χ4v) is 3.71. The molecule has 1 fully saturated rings. The molecule has 0 atom stereocenters. The van der Waals surface area contributed by atoms with Crippen LogP contribution in [-0.2, 0) is 11.3 Å². The average Bonchev–Trinajstić information content (AvgIpc) is 2.79. The van der Waals surface area contributed by atoms with Crippen LogP contribution in [0.15, 0.2) is 59.6 Å². The number of carbonyl (C=O) groups excluding carboxylic acids is 1. The quantitative estimate of drug-likeness (QED) is 0.315. The Balaban J connectivity index is 0.00000363. The SMILES string of the molecule is CCNC(=NCCC(=O)N(C)Cc1ccccc1)N1CCN(c2ccccc2O)CC1.I. The smallest absolute Gasteiger partial charge is 0.224 e. The molecule has 1 amide bonds. The molecule has 0 aromatic heterocycles. The average molecular weight is 551 g/mol. The van der Waals surface area contributed by atoms with Crippen LogP contribution < -0.4 is 10.2 Å². The molecule has 0 aliphatic carbocycles. The lowest BCUT2D eigenvalue weighted by Gasteiger charge is -2.37. The van der Waals surface area contributed by atoms with Crippen molar-refractivity contribution < 1.29 is 9.90 Å². The van der Waals surface area contributed by atoms with Gasteiger partial charge in [0.25, 0.3) is 0 Å². The summed E-state index contributed by atoms with van der Waals surface area (Å²) in [5, 5.41) is 13.4. The van der Waals surface area contributed by atoms with Gasteiger partial charge in [0, 0.05) is 52.7 Å². The largest absolute Gasteiger partial charge is 0.506 e. The van der Waals surface area contributed by atoms with Crippen LogP contribution in [0.25, 0.3) is 0 Å². The Bertz CT molecular complexity index is 870. The van der Waals surface area contributed by atoms with E-state index in [-0.39, 0.29) is 29.9 Å². The van der Waals surface area contributed by atoms with Crippen LogP contribution in [0, 0.1) is 0 Å². The molecule has 2 N–H and O–H groups in total. The third-order valence-corrected chi connectivity index (χ3v) is 5.41. The van der Waals surface area contributed by atoms with Crippen molar-refractivity contribution in [3.8, 4) is 5.75 Å². The zero-order valence-electron chi connectivity index (χ0n) is 18.9. The van der Waals surface area contributed by atoms with Gasteiger partial charge in [0.2, 0.25) is 5.91 Å². The highest BCUT2D eigenvalue weighted by molar-refractivity contribution is 14.0. The molecule has 0 saturated carbocycles. The molecule has 2 aromatic rings. The molecule has 2 aromatic carbocycles. The zero-order chi connectivity index (χ0) is 22.1. The number of carbonyl (C=O) groups is 1. The van der Waals surface area contributed by atoms with Gasteiger partial charge in [-0.15, -0.1) is 24.0 Å². The molecule has 0 radical (unpaired) electrons. The number of hydrogen-bond acceptors (Lipinski definition) is 4. The van der Waals surface area contributed by atoms with E-state index in [1.165, 1.54) is 0 Å². The van der Waals surface area contributed by atoms with Gasteiger partial charge in [-0.25, -0.2) is 0 Å². The van der Waals surface area contributed by atoms with E-state index < -0.39 is 0 Å². The number of benzene rings is 2. The monoisotopic (exact) mass is 551 g/mol. The summed E-state index contributed by atoms with van der Waals surface area (Å²) in [6.07, 6.45) is 0.385. The summed E-state index contributed by atoms with van der Waals surface area (Å²) >= 11 is 0. The number of rotatable bonds is 7. The molecule has 1 saturated heterocycles. The Morgan fingerprint density at radius 3 is 2.38 bits per heavy atom. The summed E-state index contributed by atoms with van der Waals surface area (Å²) in [6.45, 7) is 7.12. The molecule has 0 spiro atoms. The molecule has 0 unspecified atom stereocenters. The van der Waals surface area contributed by atoms with Crippen LogP contribution in [0.2, 0.25) is 0 Å². The molecule has 8 heteroatoms. The lowest BCUT2D eigenvalue weighted by Crippen LogP contribution is -2.52. The van der Waals surface area contributed by atoms with E-state index in [0.29, 0.717) is 25.3 Å². The van der Waals surface area contributed by atoms with Gasteiger partial charge in [0.1, 0.15) is 5.75 Å². The molecular weight excluding hydrogens is 517 g/mol. The summed E-state index contributed by atoms with van der Waals surface area (Å²) in [5.41, 5.74) is 1.99. The minimum atomic E-state index is 0. The fourth-order valence-electron chi connectivity index (χ4n) is 3.71. The highest BCUT2D eigenvalue weighted by Gasteiger charge is 2.21. The zero-order valence-corrected chi connectivity index (χ0v) is 21.2. The van der Waals surface area contributed by atoms with E-state index >= 15 is 0 Å². The number of nitrogens with one attached hydrogen (secondary N) is 1. The van der Waals surface area contributed by atoms with Gasteiger partial charge < -0.3 is 25.1 Å². The van der Waals surface area contributed by atoms with Crippen molar-refractivity contribution in [1.29, 1.82) is 0 Å². The van der Waals surface area contributed by atoms with Gasteiger partial charge in [-0.2, -0.15) is 0 Å². The first-order valence-electron chi connectivity index (χ1n) is 10.9. The number of amides is 1. The van der Waals surface area contributed by atoms with Gasteiger partial charge in [0.05, 0.1) is 12.2 Å². The summed E-state index contributed by atoms with van der Waals surface area (Å²) in [5.74, 6) is 1.25. The van der Waals surface area contributed by atoms with Crippen molar-refractivity contribution in [2.45, 2.75) is 19.9 Å². The number of nitrogens with zero attached hydrogens (tertiary/aromatic N) is 4. The third kappa shape index (κ3) is 7.29. The fraction of sp³-hybridized carbons (Fsp3) is 0.417. The van der Waals surface area contributed by atoms with Gasteiger partial charge in [-0.1, -0.05) is 42.5 Å². The van der Waals surface area contributed by atoms with E-state index in [2.05, 4.69) is 15.1 Å². The topological polar surface area (TPSA) is 71.4 Å². The minimum Gasteiger partial charge on any atom is -0.506 e. The van der Waals surface area contributed by atoms with Crippen LogP contribution >= 0.6 is 24.0 Å². The van der Waals surface area contributed by atoms with Crippen LogP contribution in [0.5, 0.6) is 5.75 Å². The van der Waals surface area contributed by atoms with Crippen molar-refractivity contribution in [1.82, 2.24) is 15.1 Å². The van der Waals surface area contributed by atoms with Crippen molar-refractivity contribution in [2.24, 2.45) is 4.99 Å². The maximum Gasteiger partial charge on any atom is 0.224 e. The molecule has 7 nitrogen and oxygen atoms in total. The number of hydrogen-bond donors (Lipinski definition) is 2. The van der Waals surface area contributed by atoms with Crippen LogP contribution in [0.1, 0.15) is 18.9 Å². The van der Waals surface area contributed by atoms with Crippen molar-refractivity contribution in [3.05, 3.63) is 60.2 Å². The van der Waals surface area contributed by atoms with Crippen molar-refractivity contribution in [2.75, 3.05) is 51.2 Å². The third-order valence-electron chi connectivity index (χ3n) is 5.41. The molecule has 0 bridgehead atoms. The second kappa shape index (κ2) is 13.1. The van der Waals surface area contributed by atoms with E-state index in [9.17, 15) is 9.90 Å². The predicted octanol–water partition coefficient (Wildman–Crippen LogP) is 3.15. The Labute approximate surface area is 208 Å². The maximum atomic E-state index is 12.5. The maximum absolute atomic E-state index is 12.5. The first-order chi connectivity index (χ1) is 15.1. The van der Waals surface area contributed by atoms with Crippen molar-refractivity contribution >= 4 is 41.5 Å². The summed E-state index contributed by atoms with van der Waals surface area (Å²) in [7, 11) is 1.84. The first-order valence-corrected chi connectivity index (χ1v) is 10.9. The second-order valence-corrected chi connectivity index (χ2v) is 7.68. The Kier molecular flexibility index (Phi) is 10.6. The molecule has 3 rings (SSSR count). The molecule has 1 aliphatic rings. The number of guanidine groups is 1. The number of para-hydroxylation sites is 2. The van der Waals surface area contributed by atoms with Crippen molar-refractivity contribution in [3.63, 3.8) is 0 Å². The predicted molar refractivity (Wildman–Crippen MR) is 141 cm³/mol. The summed E-state index contributed by atoms with van der Waals surface area (Å²) in [4.78, 5) is 23.4. The van der Waals surface area contributed by atoms with Gasteiger partial charge in [0.15, 0.2) is 5.96 Å². The van der Waals surface area contributed by atoms with Crippen LogP contribution in [0.4, 0.5) is 5.69 Å². The Hall–Kier alpha value is -2.49. The lowest BCUT2D eigenvalue weighted by atomic mass is 10.2. The minimum absolute atomic E-state index is 0. The summed E-state index contributed by atoms with van der Waals surface area (Å²) < 4.78 is 0. The standard InChI is InChI=1S/C24H33N5O2.HI/c1-3-25-24(26-14-13-23(31)27(2)19-20-9-5-4-6-10-20)29-17-15-28(16-18-29)21-11-7-8-12-22(21)30;/h4-12,30H,3,13-19H2,1-2H3,(H,25,26);1H. The van der Waals surface area contributed by atoms with E-state index in [0.717, 1.165) is 49.9 Å². The second-order valence-electron chi connectivity index (χ2n) is 7.68. The molecule has 32 heavy (non-hydrogen) atoms. The van der Waals surface area contributed by atoms with Gasteiger partial charge >= 0.3 is 0 Å². The molecular formula is C24H34IN5O2. The molecule has 174 valence electrons.